The average Bonchev–Trinajstić information content (AvgIpc) is 2.27. The second kappa shape index (κ2) is 6.20. The molecule has 0 bridgehead atoms. The van der Waals surface area contributed by atoms with E-state index in [-0.39, 0.29) is 0 Å². The molecule has 1 aromatic rings. The Hall–Kier alpha value is -1.07. The van der Waals surface area contributed by atoms with Gasteiger partial charge in [-0.15, -0.1) is 0 Å². The summed E-state index contributed by atoms with van der Waals surface area (Å²) in [6.07, 6.45) is -5.12. The lowest BCUT2D eigenvalue weighted by atomic mass is 10.1. The van der Waals surface area contributed by atoms with Gasteiger partial charge < -0.3 is 10.4 Å². The highest BCUT2D eigenvalue weighted by Gasteiger charge is 2.30. The van der Waals surface area contributed by atoms with Crippen LogP contribution in [0.4, 0.5) is 13.2 Å². The Morgan fingerprint density at radius 3 is 2.11 bits per heavy atom. The predicted molar refractivity (Wildman–Crippen MR) is 64.1 cm³/mol. The molecule has 1 unspecified atom stereocenters. The van der Waals surface area contributed by atoms with Crippen LogP contribution in [0.5, 0.6) is 0 Å². The van der Waals surface area contributed by atoms with E-state index in [0.29, 0.717) is 18.0 Å². The number of nitrogens with one attached hydrogen (secondary N) is 1. The van der Waals surface area contributed by atoms with E-state index in [0.717, 1.165) is 18.7 Å². The van der Waals surface area contributed by atoms with Crippen LogP contribution >= 0.6 is 0 Å². The Morgan fingerprint density at radius 2 is 1.67 bits per heavy atom. The van der Waals surface area contributed by atoms with Crippen LogP contribution in [0, 0.1) is 5.92 Å². The summed E-state index contributed by atoms with van der Waals surface area (Å²) in [5.41, 5.74) is -0.215. The first-order valence-corrected chi connectivity index (χ1v) is 5.86. The highest BCUT2D eigenvalue weighted by molar-refractivity contribution is 5.26. The molecule has 0 radical (unpaired) electrons. The summed E-state index contributed by atoms with van der Waals surface area (Å²) >= 11 is 0. The minimum Gasteiger partial charge on any atom is -0.387 e. The number of benzene rings is 1. The molecule has 0 aromatic heterocycles. The van der Waals surface area contributed by atoms with E-state index in [1.165, 1.54) is 12.1 Å². The highest BCUT2D eigenvalue weighted by Crippen LogP contribution is 2.29. The zero-order chi connectivity index (χ0) is 13.8. The molecule has 0 aliphatic rings. The highest BCUT2D eigenvalue weighted by atomic mass is 19.4. The lowest BCUT2D eigenvalue weighted by molar-refractivity contribution is -0.137. The van der Waals surface area contributed by atoms with Crippen LogP contribution in [-0.2, 0) is 6.18 Å². The smallest absolute Gasteiger partial charge is 0.387 e. The van der Waals surface area contributed by atoms with Gasteiger partial charge in [-0.2, -0.15) is 13.2 Å². The van der Waals surface area contributed by atoms with Crippen LogP contribution in [-0.4, -0.2) is 18.2 Å². The van der Waals surface area contributed by atoms with Gasteiger partial charge in [0, 0.05) is 6.54 Å². The van der Waals surface area contributed by atoms with Crippen molar-refractivity contribution in [2.45, 2.75) is 26.1 Å². The van der Waals surface area contributed by atoms with Crippen molar-refractivity contribution in [2.24, 2.45) is 5.92 Å². The van der Waals surface area contributed by atoms with E-state index in [1.54, 1.807) is 0 Å². The summed E-state index contributed by atoms with van der Waals surface area (Å²) in [4.78, 5) is 0. The van der Waals surface area contributed by atoms with Gasteiger partial charge in [-0.05, 0) is 30.2 Å². The van der Waals surface area contributed by atoms with Gasteiger partial charge in [0.25, 0.3) is 0 Å². The van der Waals surface area contributed by atoms with Crippen molar-refractivity contribution in [2.75, 3.05) is 13.1 Å². The first kappa shape index (κ1) is 15.0. The molecule has 1 rings (SSSR count). The van der Waals surface area contributed by atoms with E-state index in [2.05, 4.69) is 5.32 Å². The maximum Gasteiger partial charge on any atom is 0.416 e. The summed E-state index contributed by atoms with van der Waals surface area (Å²) in [6, 6.07) is 4.59. The van der Waals surface area contributed by atoms with Crippen LogP contribution in [0.3, 0.4) is 0 Å². The van der Waals surface area contributed by atoms with Crippen LogP contribution in [0.2, 0.25) is 0 Å². The number of aliphatic hydroxyl groups excluding tert-OH is 1. The standard InChI is InChI=1S/C13H18F3NO/c1-9(2)7-17-8-12(18)10-3-5-11(6-4-10)13(14,15)16/h3-6,9,12,17-18H,7-8H2,1-2H3. The summed E-state index contributed by atoms with van der Waals surface area (Å²) in [6.45, 7) is 5.18. The van der Waals surface area contributed by atoms with E-state index in [1.807, 2.05) is 13.8 Å². The number of rotatable bonds is 5. The van der Waals surface area contributed by atoms with Crippen molar-refractivity contribution in [1.29, 1.82) is 0 Å². The zero-order valence-corrected chi connectivity index (χ0v) is 10.5. The molecule has 2 nitrogen and oxygen atoms in total. The topological polar surface area (TPSA) is 32.3 Å². The number of hydrogen-bond acceptors (Lipinski definition) is 2. The SMILES string of the molecule is CC(C)CNCC(O)c1ccc(C(F)(F)F)cc1. The molecule has 5 heteroatoms. The van der Waals surface area contributed by atoms with Crippen molar-refractivity contribution in [3.05, 3.63) is 35.4 Å². The van der Waals surface area contributed by atoms with Crippen LogP contribution in [0.1, 0.15) is 31.1 Å². The van der Waals surface area contributed by atoms with E-state index < -0.39 is 17.8 Å². The van der Waals surface area contributed by atoms with Gasteiger partial charge >= 0.3 is 6.18 Å². The second-order valence-corrected chi connectivity index (χ2v) is 4.69. The molecule has 0 amide bonds. The molecule has 18 heavy (non-hydrogen) atoms. The third kappa shape index (κ3) is 4.66. The van der Waals surface area contributed by atoms with Crippen LogP contribution in [0.25, 0.3) is 0 Å². The molecule has 0 saturated carbocycles. The Balaban J connectivity index is 2.56. The molecule has 0 aliphatic carbocycles. The van der Waals surface area contributed by atoms with Crippen molar-refractivity contribution in [3.8, 4) is 0 Å². The minimum absolute atomic E-state index is 0.337. The van der Waals surface area contributed by atoms with Gasteiger partial charge in [0.15, 0.2) is 0 Å². The maximum absolute atomic E-state index is 12.3. The zero-order valence-electron chi connectivity index (χ0n) is 10.5. The first-order chi connectivity index (χ1) is 8.30. The molecule has 2 N–H and O–H groups in total. The predicted octanol–water partition coefficient (Wildman–Crippen LogP) is 2.98. The number of aliphatic hydroxyl groups is 1. The fraction of sp³-hybridized carbons (Fsp3) is 0.538. The summed E-state index contributed by atoms with van der Waals surface area (Å²) in [5.74, 6) is 0.463. The van der Waals surface area contributed by atoms with Crippen molar-refractivity contribution in [1.82, 2.24) is 5.32 Å². The fourth-order valence-electron chi connectivity index (χ4n) is 1.52. The minimum atomic E-state index is -4.33. The Morgan fingerprint density at radius 1 is 1.11 bits per heavy atom. The normalized spacial score (nSPS) is 13.9. The molecule has 0 fully saturated rings. The Labute approximate surface area is 105 Å². The van der Waals surface area contributed by atoms with Gasteiger partial charge in [-0.25, -0.2) is 0 Å². The summed E-state index contributed by atoms with van der Waals surface area (Å²) in [5, 5.41) is 12.8. The Bertz CT molecular complexity index is 359. The number of hydrogen-bond donors (Lipinski definition) is 2. The van der Waals surface area contributed by atoms with Gasteiger partial charge in [-0.3, -0.25) is 0 Å². The van der Waals surface area contributed by atoms with Crippen molar-refractivity contribution >= 4 is 0 Å². The molecule has 0 saturated heterocycles. The quantitative estimate of drug-likeness (QED) is 0.854. The second-order valence-electron chi connectivity index (χ2n) is 4.69. The number of alkyl halides is 3. The van der Waals surface area contributed by atoms with Crippen LogP contribution < -0.4 is 5.32 Å². The third-order valence-corrected chi connectivity index (χ3v) is 2.51. The van der Waals surface area contributed by atoms with E-state index in [9.17, 15) is 18.3 Å². The molecule has 1 atom stereocenters. The lowest BCUT2D eigenvalue weighted by Gasteiger charge is -2.14. The van der Waals surface area contributed by atoms with Gasteiger partial charge in [0.2, 0.25) is 0 Å². The molecule has 0 aliphatic heterocycles. The van der Waals surface area contributed by atoms with E-state index >= 15 is 0 Å². The van der Waals surface area contributed by atoms with Crippen LogP contribution in [0.15, 0.2) is 24.3 Å². The summed E-state index contributed by atoms with van der Waals surface area (Å²) < 4.78 is 37.0. The van der Waals surface area contributed by atoms with Gasteiger partial charge in [0.1, 0.15) is 0 Å². The molecular weight excluding hydrogens is 243 g/mol. The molecular formula is C13H18F3NO. The molecule has 102 valence electrons. The average molecular weight is 261 g/mol. The van der Waals surface area contributed by atoms with E-state index in [4.69, 9.17) is 0 Å². The first-order valence-electron chi connectivity index (χ1n) is 5.86. The molecule has 1 aromatic carbocycles. The Kier molecular flexibility index (Phi) is 5.16. The molecule has 0 heterocycles. The lowest BCUT2D eigenvalue weighted by Crippen LogP contribution is -2.25. The molecule has 0 spiro atoms. The third-order valence-electron chi connectivity index (χ3n) is 2.51. The number of halogens is 3. The van der Waals surface area contributed by atoms with Gasteiger partial charge in [-0.1, -0.05) is 26.0 Å². The fourth-order valence-corrected chi connectivity index (χ4v) is 1.52. The maximum atomic E-state index is 12.3. The largest absolute Gasteiger partial charge is 0.416 e. The monoisotopic (exact) mass is 261 g/mol. The van der Waals surface area contributed by atoms with Crippen molar-refractivity contribution in [3.63, 3.8) is 0 Å². The van der Waals surface area contributed by atoms with Crippen molar-refractivity contribution < 1.29 is 18.3 Å². The van der Waals surface area contributed by atoms with Gasteiger partial charge in [0.05, 0.1) is 11.7 Å². The summed E-state index contributed by atoms with van der Waals surface area (Å²) in [7, 11) is 0.